The van der Waals surface area contributed by atoms with Crippen LogP contribution >= 0.6 is 0 Å². The number of halogens is 1. The van der Waals surface area contributed by atoms with Crippen molar-refractivity contribution in [1.29, 1.82) is 0 Å². The fraction of sp³-hybridized carbons (Fsp3) is 0.333. The summed E-state index contributed by atoms with van der Waals surface area (Å²) in [5, 5.41) is 0.901. The molecule has 1 aromatic heterocycles. The van der Waals surface area contributed by atoms with Crippen LogP contribution in [0.4, 0.5) is 4.39 Å². The van der Waals surface area contributed by atoms with E-state index in [1.165, 1.54) is 12.1 Å². The molecule has 1 aromatic carbocycles. The summed E-state index contributed by atoms with van der Waals surface area (Å²) in [4.78, 5) is 8.71. The van der Waals surface area contributed by atoms with E-state index in [4.69, 9.17) is 5.73 Å². The van der Waals surface area contributed by atoms with E-state index in [2.05, 4.69) is 9.97 Å². The highest BCUT2D eigenvalue weighted by atomic mass is 19.1. The molecule has 0 amide bonds. The zero-order valence-corrected chi connectivity index (χ0v) is 9.20. The molecule has 0 aliphatic carbocycles. The van der Waals surface area contributed by atoms with E-state index < -0.39 is 0 Å². The van der Waals surface area contributed by atoms with Crippen LogP contribution in [-0.4, -0.2) is 16.5 Å². The van der Waals surface area contributed by atoms with Crippen LogP contribution in [0.1, 0.15) is 17.9 Å². The minimum absolute atomic E-state index is 0.268. The Kier molecular flexibility index (Phi) is 3.10. The molecule has 0 saturated heterocycles. The molecular weight excluding hydrogens is 205 g/mol. The molecular formula is C12H14FN3. The van der Waals surface area contributed by atoms with Crippen molar-refractivity contribution in [2.75, 3.05) is 6.54 Å². The summed E-state index contributed by atoms with van der Waals surface area (Å²) in [6, 6.07) is 4.58. The molecule has 2 aromatic rings. The Balaban J connectivity index is 2.47. The minimum Gasteiger partial charge on any atom is -0.330 e. The molecule has 3 nitrogen and oxygen atoms in total. The molecule has 1 heterocycles. The number of nitrogens with zero attached hydrogens (tertiary/aromatic N) is 2. The molecule has 0 radical (unpaired) electrons. The van der Waals surface area contributed by atoms with Gasteiger partial charge in [-0.3, -0.25) is 0 Å². The summed E-state index contributed by atoms with van der Waals surface area (Å²) in [6.45, 7) is 2.53. The maximum atomic E-state index is 13.1. The molecule has 2 rings (SSSR count). The van der Waals surface area contributed by atoms with Crippen LogP contribution in [0.5, 0.6) is 0 Å². The highest BCUT2D eigenvalue weighted by Gasteiger charge is 2.05. The third kappa shape index (κ3) is 2.17. The van der Waals surface area contributed by atoms with Gasteiger partial charge in [0.2, 0.25) is 0 Å². The van der Waals surface area contributed by atoms with Gasteiger partial charge in [0.25, 0.3) is 0 Å². The third-order valence-electron chi connectivity index (χ3n) is 2.50. The largest absolute Gasteiger partial charge is 0.330 e. The zero-order chi connectivity index (χ0) is 11.5. The minimum atomic E-state index is -0.268. The van der Waals surface area contributed by atoms with Gasteiger partial charge in [-0.1, -0.05) is 0 Å². The van der Waals surface area contributed by atoms with E-state index >= 15 is 0 Å². The van der Waals surface area contributed by atoms with Crippen molar-refractivity contribution in [1.82, 2.24) is 9.97 Å². The van der Waals surface area contributed by atoms with Crippen LogP contribution < -0.4 is 5.73 Å². The number of rotatable bonds is 3. The van der Waals surface area contributed by atoms with Gasteiger partial charge in [-0.25, -0.2) is 14.4 Å². The summed E-state index contributed by atoms with van der Waals surface area (Å²) in [5.41, 5.74) is 6.99. The van der Waals surface area contributed by atoms with Gasteiger partial charge < -0.3 is 5.73 Å². The molecule has 0 saturated carbocycles. The first-order valence-corrected chi connectivity index (χ1v) is 5.33. The van der Waals surface area contributed by atoms with Crippen molar-refractivity contribution in [3.05, 3.63) is 35.5 Å². The van der Waals surface area contributed by atoms with Gasteiger partial charge in [-0.2, -0.15) is 0 Å². The maximum Gasteiger partial charge on any atom is 0.129 e. The van der Waals surface area contributed by atoms with Crippen molar-refractivity contribution in [2.45, 2.75) is 19.8 Å². The SMILES string of the molecule is Cc1nc(CCCN)nc2cc(F)ccc12. The van der Waals surface area contributed by atoms with Gasteiger partial charge in [0, 0.05) is 23.6 Å². The van der Waals surface area contributed by atoms with Crippen LogP contribution in [0.25, 0.3) is 10.9 Å². The fourth-order valence-electron chi connectivity index (χ4n) is 1.69. The van der Waals surface area contributed by atoms with Gasteiger partial charge in [-0.05, 0) is 32.0 Å². The van der Waals surface area contributed by atoms with Gasteiger partial charge >= 0.3 is 0 Å². The van der Waals surface area contributed by atoms with Gasteiger partial charge in [0.1, 0.15) is 11.6 Å². The molecule has 16 heavy (non-hydrogen) atoms. The van der Waals surface area contributed by atoms with Crippen LogP contribution in [0.2, 0.25) is 0 Å². The van der Waals surface area contributed by atoms with E-state index in [9.17, 15) is 4.39 Å². The Labute approximate surface area is 93.5 Å². The van der Waals surface area contributed by atoms with Gasteiger partial charge in [0.05, 0.1) is 5.52 Å². The van der Waals surface area contributed by atoms with Crippen molar-refractivity contribution in [3.63, 3.8) is 0 Å². The summed E-state index contributed by atoms with van der Waals surface area (Å²) < 4.78 is 13.1. The molecule has 0 bridgehead atoms. The Morgan fingerprint density at radius 1 is 1.31 bits per heavy atom. The predicted molar refractivity (Wildman–Crippen MR) is 61.6 cm³/mol. The van der Waals surface area contributed by atoms with Crippen LogP contribution in [0.3, 0.4) is 0 Å². The second kappa shape index (κ2) is 4.53. The average Bonchev–Trinajstić information content (AvgIpc) is 2.25. The molecule has 0 aliphatic heterocycles. The van der Waals surface area contributed by atoms with Crippen molar-refractivity contribution in [2.24, 2.45) is 5.73 Å². The lowest BCUT2D eigenvalue weighted by Gasteiger charge is -2.05. The third-order valence-corrected chi connectivity index (χ3v) is 2.50. The van der Waals surface area contributed by atoms with E-state index in [1.807, 2.05) is 6.92 Å². The highest BCUT2D eigenvalue weighted by Crippen LogP contribution is 2.16. The molecule has 0 unspecified atom stereocenters. The van der Waals surface area contributed by atoms with Gasteiger partial charge in [-0.15, -0.1) is 0 Å². The number of nitrogens with two attached hydrogens (primary N) is 1. The number of hydrogen-bond donors (Lipinski definition) is 1. The first kappa shape index (κ1) is 11.0. The zero-order valence-electron chi connectivity index (χ0n) is 9.20. The molecule has 0 atom stereocenters. The lowest BCUT2D eigenvalue weighted by atomic mass is 10.2. The molecule has 0 aliphatic rings. The van der Waals surface area contributed by atoms with Crippen molar-refractivity contribution < 1.29 is 4.39 Å². The summed E-state index contributed by atoms with van der Waals surface area (Å²) >= 11 is 0. The lowest BCUT2D eigenvalue weighted by Crippen LogP contribution is -2.04. The monoisotopic (exact) mass is 219 g/mol. The average molecular weight is 219 g/mol. The van der Waals surface area contributed by atoms with Crippen LogP contribution in [0.15, 0.2) is 18.2 Å². The number of benzene rings is 1. The molecule has 0 spiro atoms. The Morgan fingerprint density at radius 3 is 2.88 bits per heavy atom. The van der Waals surface area contributed by atoms with E-state index in [0.29, 0.717) is 12.1 Å². The summed E-state index contributed by atoms with van der Waals surface area (Å²) in [6.07, 6.45) is 1.59. The molecule has 84 valence electrons. The number of fused-ring (bicyclic) bond motifs is 1. The number of aromatic nitrogens is 2. The highest BCUT2D eigenvalue weighted by molar-refractivity contribution is 5.80. The quantitative estimate of drug-likeness (QED) is 0.858. The normalized spacial score (nSPS) is 10.9. The van der Waals surface area contributed by atoms with E-state index in [0.717, 1.165) is 29.7 Å². The standard InChI is InChI=1S/C12H14FN3/c1-8-10-5-4-9(13)7-11(10)16-12(15-8)3-2-6-14/h4-5,7H,2-3,6,14H2,1H3. The second-order valence-corrected chi connectivity index (χ2v) is 3.78. The Bertz CT molecular complexity index is 511. The smallest absolute Gasteiger partial charge is 0.129 e. The molecule has 0 fully saturated rings. The van der Waals surface area contributed by atoms with Crippen LogP contribution in [0, 0.1) is 12.7 Å². The molecule has 4 heteroatoms. The second-order valence-electron chi connectivity index (χ2n) is 3.78. The van der Waals surface area contributed by atoms with E-state index in [1.54, 1.807) is 6.07 Å². The number of aryl methyl sites for hydroxylation is 2. The number of hydrogen-bond acceptors (Lipinski definition) is 3. The summed E-state index contributed by atoms with van der Waals surface area (Å²) in [7, 11) is 0. The van der Waals surface area contributed by atoms with Crippen LogP contribution in [-0.2, 0) is 6.42 Å². The topological polar surface area (TPSA) is 51.8 Å². The fourth-order valence-corrected chi connectivity index (χ4v) is 1.69. The van der Waals surface area contributed by atoms with E-state index in [-0.39, 0.29) is 5.82 Å². The first-order valence-electron chi connectivity index (χ1n) is 5.33. The van der Waals surface area contributed by atoms with Gasteiger partial charge in [0.15, 0.2) is 0 Å². The Morgan fingerprint density at radius 2 is 2.12 bits per heavy atom. The first-order chi connectivity index (χ1) is 7.70. The molecule has 2 N–H and O–H groups in total. The van der Waals surface area contributed by atoms with Crippen molar-refractivity contribution >= 4 is 10.9 Å². The van der Waals surface area contributed by atoms with Crippen molar-refractivity contribution in [3.8, 4) is 0 Å². The Hall–Kier alpha value is -1.55. The predicted octanol–water partition coefficient (Wildman–Crippen LogP) is 1.97. The lowest BCUT2D eigenvalue weighted by molar-refractivity contribution is 0.629. The maximum absolute atomic E-state index is 13.1. The summed E-state index contributed by atoms with van der Waals surface area (Å²) in [5.74, 6) is 0.469.